The van der Waals surface area contributed by atoms with Crippen LogP contribution in [0, 0.1) is 6.92 Å². The molecule has 1 aliphatic heterocycles. The monoisotopic (exact) mass is 208 g/mol. The molecule has 1 aromatic carbocycles. The maximum atomic E-state index is 9.51. The van der Waals surface area contributed by atoms with Crippen molar-refractivity contribution in [2.75, 3.05) is 6.61 Å². The molecule has 1 aromatic rings. The van der Waals surface area contributed by atoms with Crippen LogP contribution in [0.5, 0.6) is 11.5 Å². The molecule has 1 N–H and O–H groups in total. The van der Waals surface area contributed by atoms with Gasteiger partial charge in [0.25, 0.3) is 0 Å². The first kappa shape index (κ1) is 10.3. The first-order valence-corrected chi connectivity index (χ1v) is 5.34. The minimum Gasteiger partial charge on any atom is -0.508 e. The van der Waals surface area contributed by atoms with Gasteiger partial charge in [0.1, 0.15) is 11.5 Å². The van der Waals surface area contributed by atoms with Crippen LogP contribution in [0.2, 0.25) is 0 Å². The fraction of sp³-hybridized carbons (Fsp3) is 0.500. The van der Waals surface area contributed by atoms with Crippen molar-refractivity contribution < 1.29 is 14.6 Å². The summed E-state index contributed by atoms with van der Waals surface area (Å²) < 4.78 is 11.2. The normalized spacial score (nSPS) is 21.3. The molecule has 1 unspecified atom stereocenters. The van der Waals surface area contributed by atoms with Crippen molar-refractivity contribution in [3.05, 3.63) is 23.8 Å². The summed E-state index contributed by atoms with van der Waals surface area (Å²) in [5, 5.41) is 9.51. The lowest BCUT2D eigenvalue weighted by Crippen LogP contribution is -2.25. The number of benzene rings is 1. The molecule has 1 fully saturated rings. The van der Waals surface area contributed by atoms with E-state index in [1.807, 2.05) is 13.0 Å². The van der Waals surface area contributed by atoms with Crippen molar-refractivity contribution in [2.24, 2.45) is 0 Å². The van der Waals surface area contributed by atoms with Gasteiger partial charge in [-0.15, -0.1) is 0 Å². The van der Waals surface area contributed by atoms with E-state index in [2.05, 4.69) is 0 Å². The Morgan fingerprint density at radius 3 is 3.00 bits per heavy atom. The van der Waals surface area contributed by atoms with Gasteiger partial charge in [-0.05, 0) is 31.9 Å². The number of hydrogen-bond donors (Lipinski definition) is 1. The molecule has 2 rings (SSSR count). The first-order chi connectivity index (χ1) is 7.27. The summed E-state index contributed by atoms with van der Waals surface area (Å²) in [6, 6.07) is 5.29. The molecule has 3 heteroatoms. The highest BCUT2D eigenvalue weighted by molar-refractivity contribution is 5.42. The van der Waals surface area contributed by atoms with E-state index in [1.54, 1.807) is 12.1 Å². The van der Waals surface area contributed by atoms with E-state index in [0.29, 0.717) is 5.75 Å². The molecule has 1 heterocycles. The second-order valence-electron chi connectivity index (χ2n) is 3.81. The Labute approximate surface area is 89.6 Å². The molecule has 1 saturated heterocycles. The molecule has 82 valence electrons. The Bertz CT molecular complexity index is 330. The molecule has 3 nitrogen and oxygen atoms in total. The first-order valence-electron chi connectivity index (χ1n) is 5.34. The van der Waals surface area contributed by atoms with Gasteiger partial charge in [0, 0.05) is 12.0 Å². The highest BCUT2D eigenvalue weighted by Crippen LogP contribution is 2.28. The van der Waals surface area contributed by atoms with Crippen LogP contribution in [-0.2, 0) is 4.74 Å². The Morgan fingerprint density at radius 1 is 1.40 bits per heavy atom. The highest BCUT2D eigenvalue weighted by atomic mass is 16.7. The third-order valence-electron chi connectivity index (χ3n) is 2.65. The summed E-state index contributed by atoms with van der Waals surface area (Å²) in [5.74, 6) is 0.977. The van der Waals surface area contributed by atoms with Crippen molar-refractivity contribution in [2.45, 2.75) is 32.5 Å². The van der Waals surface area contributed by atoms with Crippen LogP contribution in [0.15, 0.2) is 18.2 Å². The fourth-order valence-electron chi connectivity index (χ4n) is 1.68. The topological polar surface area (TPSA) is 38.7 Å². The second-order valence-corrected chi connectivity index (χ2v) is 3.81. The third kappa shape index (κ3) is 2.42. The lowest BCUT2D eigenvalue weighted by atomic mass is 10.2. The number of rotatable bonds is 2. The predicted molar refractivity (Wildman–Crippen MR) is 57.1 cm³/mol. The Hall–Kier alpha value is -1.22. The molecule has 0 bridgehead atoms. The van der Waals surface area contributed by atoms with Crippen molar-refractivity contribution in [1.82, 2.24) is 0 Å². The molecule has 1 atom stereocenters. The molecule has 0 aliphatic carbocycles. The number of phenolic OH excluding ortho intramolecular Hbond substituents is 1. The van der Waals surface area contributed by atoms with Gasteiger partial charge in [0.15, 0.2) is 6.29 Å². The molecule has 15 heavy (non-hydrogen) atoms. The van der Waals surface area contributed by atoms with Gasteiger partial charge in [0.2, 0.25) is 0 Å². The van der Waals surface area contributed by atoms with Gasteiger partial charge in [-0.2, -0.15) is 0 Å². The van der Waals surface area contributed by atoms with Gasteiger partial charge >= 0.3 is 0 Å². The average molecular weight is 208 g/mol. The molecule has 0 saturated carbocycles. The van der Waals surface area contributed by atoms with Gasteiger partial charge in [-0.25, -0.2) is 0 Å². The van der Waals surface area contributed by atoms with Crippen LogP contribution < -0.4 is 4.74 Å². The zero-order chi connectivity index (χ0) is 10.7. The van der Waals surface area contributed by atoms with Crippen molar-refractivity contribution in [3.8, 4) is 11.5 Å². The molecule has 0 radical (unpaired) electrons. The van der Waals surface area contributed by atoms with Crippen LogP contribution in [0.4, 0.5) is 0 Å². The SMILES string of the molecule is Cc1c(O)cccc1OC1CCCCO1. The predicted octanol–water partition coefficient (Wildman–Crippen LogP) is 2.61. The van der Waals surface area contributed by atoms with Crippen LogP contribution in [-0.4, -0.2) is 18.0 Å². The van der Waals surface area contributed by atoms with E-state index in [9.17, 15) is 5.11 Å². The van der Waals surface area contributed by atoms with Crippen LogP contribution in [0.1, 0.15) is 24.8 Å². The number of phenols is 1. The summed E-state index contributed by atoms with van der Waals surface area (Å²) in [6.07, 6.45) is 3.02. The zero-order valence-corrected chi connectivity index (χ0v) is 8.90. The molecule has 1 aliphatic rings. The van der Waals surface area contributed by atoms with Gasteiger partial charge in [-0.1, -0.05) is 6.07 Å². The van der Waals surface area contributed by atoms with E-state index >= 15 is 0 Å². The molecular formula is C12H16O3. The minimum atomic E-state index is -0.153. The summed E-state index contributed by atoms with van der Waals surface area (Å²) in [4.78, 5) is 0. The molecule has 0 aromatic heterocycles. The highest BCUT2D eigenvalue weighted by Gasteiger charge is 2.16. The van der Waals surface area contributed by atoms with Crippen molar-refractivity contribution in [3.63, 3.8) is 0 Å². The number of aromatic hydroxyl groups is 1. The standard InChI is InChI=1S/C12H16O3/c1-9-10(13)5-4-6-11(9)15-12-7-2-3-8-14-12/h4-6,12-13H,2-3,7-8H2,1H3. The van der Waals surface area contributed by atoms with Crippen LogP contribution in [0.3, 0.4) is 0 Å². The second kappa shape index (κ2) is 4.53. The summed E-state index contributed by atoms with van der Waals surface area (Å²) >= 11 is 0. The zero-order valence-electron chi connectivity index (χ0n) is 8.90. The van der Waals surface area contributed by atoms with E-state index in [0.717, 1.165) is 31.4 Å². The Morgan fingerprint density at radius 2 is 2.27 bits per heavy atom. The van der Waals surface area contributed by atoms with Crippen LogP contribution in [0.25, 0.3) is 0 Å². The fourth-order valence-corrected chi connectivity index (χ4v) is 1.68. The lowest BCUT2D eigenvalue weighted by Gasteiger charge is -2.24. The molecule has 0 spiro atoms. The van der Waals surface area contributed by atoms with Gasteiger partial charge in [0.05, 0.1) is 6.61 Å². The third-order valence-corrected chi connectivity index (χ3v) is 2.65. The quantitative estimate of drug-likeness (QED) is 0.811. The Kier molecular flexibility index (Phi) is 3.11. The number of hydrogen-bond acceptors (Lipinski definition) is 3. The van der Waals surface area contributed by atoms with Crippen molar-refractivity contribution >= 4 is 0 Å². The largest absolute Gasteiger partial charge is 0.508 e. The lowest BCUT2D eigenvalue weighted by molar-refractivity contribution is -0.106. The smallest absolute Gasteiger partial charge is 0.199 e. The maximum absolute atomic E-state index is 9.51. The molecule has 0 amide bonds. The summed E-state index contributed by atoms with van der Waals surface area (Å²) in [5.41, 5.74) is 0.770. The van der Waals surface area contributed by atoms with E-state index in [-0.39, 0.29) is 12.0 Å². The van der Waals surface area contributed by atoms with Gasteiger partial charge < -0.3 is 14.6 Å². The summed E-state index contributed by atoms with van der Waals surface area (Å²) in [6.45, 7) is 2.61. The van der Waals surface area contributed by atoms with E-state index in [4.69, 9.17) is 9.47 Å². The average Bonchev–Trinajstić information content (AvgIpc) is 2.26. The van der Waals surface area contributed by atoms with E-state index < -0.39 is 0 Å². The van der Waals surface area contributed by atoms with Crippen LogP contribution >= 0.6 is 0 Å². The number of ether oxygens (including phenoxy) is 2. The minimum absolute atomic E-state index is 0.153. The van der Waals surface area contributed by atoms with E-state index in [1.165, 1.54) is 0 Å². The Balaban J connectivity index is 2.06. The summed E-state index contributed by atoms with van der Waals surface area (Å²) in [7, 11) is 0. The van der Waals surface area contributed by atoms with Crippen molar-refractivity contribution in [1.29, 1.82) is 0 Å². The molecular weight excluding hydrogens is 192 g/mol. The van der Waals surface area contributed by atoms with Gasteiger partial charge in [-0.3, -0.25) is 0 Å². The maximum Gasteiger partial charge on any atom is 0.199 e.